The Kier molecular flexibility index (Phi) is 6.67. The maximum Gasteiger partial charge on any atom is -0.0250 e. The fourth-order valence-corrected chi connectivity index (χ4v) is 5.46. The molecule has 0 aromatic heterocycles. The summed E-state index contributed by atoms with van der Waals surface area (Å²) in [6.07, 6.45) is 16.8. The van der Waals surface area contributed by atoms with Crippen LogP contribution < -0.4 is 0 Å². The van der Waals surface area contributed by atoms with E-state index >= 15 is 0 Å². The lowest BCUT2D eigenvalue weighted by Gasteiger charge is -2.28. The molecule has 0 bridgehead atoms. The molecule has 27 heavy (non-hydrogen) atoms. The van der Waals surface area contributed by atoms with E-state index in [1.807, 2.05) is 0 Å². The minimum Gasteiger partial charge on any atom is -0.0622 e. The van der Waals surface area contributed by atoms with Crippen molar-refractivity contribution >= 4 is 0 Å². The molecule has 0 aliphatic heterocycles. The molecule has 2 aliphatic carbocycles. The van der Waals surface area contributed by atoms with Gasteiger partial charge < -0.3 is 0 Å². The molecule has 0 unspecified atom stereocenters. The van der Waals surface area contributed by atoms with Crippen LogP contribution in [-0.2, 0) is 19.3 Å². The average Bonchev–Trinajstić information content (AvgIpc) is 2.73. The van der Waals surface area contributed by atoms with Gasteiger partial charge in [-0.05, 0) is 79.4 Å². The van der Waals surface area contributed by atoms with Crippen molar-refractivity contribution in [3.05, 3.63) is 71.3 Å². The summed E-state index contributed by atoms with van der Waals surface area (Å²) in [5, 5.41) is 0. The van der Waals surface area contributed by atoms with Gasteiger partial charge in [-0.15, -0.1) is 0 Å². The molecule has 2 aromatic rings. The van der Waals surface area contributed by atoms with Gasteiger partial charge in [-0.3, -0.25) is 0 Å². The van der Waals surface area contributed by atoms with Gasteiger partial charge in [0.1, 0.15) is 0 Å². The highest BCUT2D eigenvalue weighted by atomic mass is 14.3. The summed E-state index contributed by atoms with van der Waals surface area (Å²) < 4.78 is 0. The van der Waals surface area contributed by atoms with Crippen LogP contribution in [0.1, 0.15) is 74.5 Å². The third-order valence-corrected chi connectivity index (χ3v) is 7.13. The summed E-state index contributed by atoms with van der Waals surface area (Å²) in [5.41, 5.74) is 4.65. The van der Waals surface area contributed by atoms with Gasteiger partial charge in [0, 0.05) is 0 Å². The topological polar surface area (TPSA) is 0 Å². The second kappa shape index (κ2) is 9.58. The third-order valence-electron chi connectivity index (χ3n) is 7.13. The van der Waals surface area contributed by atoms with E-state index in [2.05, 4.69) is 54.6 Å². The maximum absolute atomic E-state index is 2.42. The summed E-state index contributed by atoms with van der Waals surface area (Å²) in [4.78, 5) is 0. The molecule has 0 spiro atoms. The first-order valence-corrected chi connectivity index (χ1v) is 11.5. The largest absolute Gasteiger partial charge is 0.0622 e. The summed E-state index contributed by atoms with van der Waals surface area (Å²) in [6, 6.07) is 20.8. The molecule has 4 rings (SSSR count). The Bertz CT molecular complexity index is 655. The zero-order chi connectivity index (χ0) is 18.3. The van der Waals surface area contributed by atoms with Crippen molar-refractivity contribution in [1.82, 2.24) is 0 Å². The van der Waals surface area contributed by atoms with E-state index < -0.39 is 0 Å². The van der Waals surface area contributed by atoms with Crippen molar-refractivity contribution in [2.24, 2.45) is 17.8 Å². The normalized spacial score (nSPS) is 24.0. The van der Waals surface area contributed by atoms with Crippen molar-refractivity contribution in [1.29, 1.82) is 0 Å². The van der Waals surface area contributed by atoms with Crippen molar-refractivity contribution in [2.75, 3.05) is 0 Å². The molecule has 0 amide bonds. The molecule has 0 heterocycles. The molecule has 0 saturated heterocycles. The van der Waals surface area contributed by atoms with Crippen LogP contribution in [0, 0.1) is 17.8 Å². The first-order valence-electron chi connectivity index (χ1n) is 11.5. The smallest absolute Gasteiger partial charge is 0.0250 e. The van der Waals surface area contributed by atoms with Crippen LogP contribution in [0.5, 0.6) is 0 Å². The van der Waals surface area contributed by atoms with Gasteiger partial charge in [0.2, 0.25) is 0 Å². The van der Waals surface area contributed by atoms with Gasteiger partial charge in [-0.1, -0.05) is 86.7 Å². The second-order valence-electron chi connectivity index (χ2n) is 9.31. The Labute approximate surface area is 166 Å². The molecule has 0 nitrogen and oxygen atoms in total. The van der Waals surface area contributed by atoms with E-state index in [4.69, 9.17) is 0 Å². The van der Waals surface area contributed by atoms with Crippen LogP contribution in [0.3, 0.4) is 0 Å². The van der Waals surface area contributed by atoms with Gasteiger partial charge in [0.15, 0.2) is 0 Å². The van der Waals surface area contributed by atoms with Crippen LogP contribution in [-0.4, -0.2) is 0 Å². The van der Waals surface area contributed by atoms with Crippen molar-refractivity contribution in [2.45, 2.75) is 77.0 Å². The second-order valence-corrected chi connectivity index (χ2v) is 9.31. The van der Waals surface area contributed by atoms with Crippen molar-refractivity contribution in [3.8, 4) is 0 Å². The number of hydrogen-bond donors (Lipinski definition) is 0. The van der Waals surface area contributed by atoms with Crippen LogP contribution >= 0.6 is 0 Å². The minimum atomic E-state index is 0.904. The van der Waals surface area contributed by atoms with Crippen LogP contribution in [0.25, 0.3) is 0 Å². The van der Waals surface area contributed by atoms with Gasteiger partial charge in [0.25, 0.3) is 0 Å². The fraction of sp³-hybridized carbons (Fsp3) is 0.556. The summed E-state index contributed by atoms with van der Waals surface area (Å²) in [7, 11) is 0. The van der Waals surface area contributed by atoms with E-state index in [-0.39, 0.29) is 0 Å². The molecule has 2 fully saturated rings. The highest BCUT2D eigenvalue weighted by Crippen LogP contribution is 2.33. The molecule has 0 atom stereocenters. The molecular formula is C27H36. The third kappa shape index (κ3) is 5.71. The maximum atomic E-state index is 2.42. The quantitative estimate of drug-likeness (QED) is 0.503. The molecule has 2 aliphatic rings. The zero-order valence-electron chi connectivity index (χ0n) is 16.9. The standard InChI is InChI=1S/C27H36/c1-3-7-22(8-4-1)19-24-11-15-26(16-12-24)21-27-17-13-25(14-18-27)20-23-9-5-2-6-10-23/h1,3-4,7-8,13-14,17-18,23-24,26H,2,5-6,9-12,15-16,19-21H2. The summed E-state index contributed by atoms with van der Waals surface area (Å²) in [6.45, 7) is 0. The van der Waals surface area contributed by atoms with E-state index in [0.717, 1.165) is 17.8 Å². The summed E-state index contributed by atoms with van der Waals surface area (Å²) in [5.74, 6) is 2.76. The molecule has 0 N–H and O–H groups in total. The van der Waals surface area contributed by atoms with E-state index in [0.29, 0.717) is 0 Å². The highest BCUT2D eigenvalue weighted by molar-refractivity contribution is 5.23. The van der Waals surface area contributed by atoms with Crippen molar-refractivity contribution in [3.63, 3.8) is 0 Å². The fourth-order valence-electron chi connectivity index (χ4n) is 5.46. The molecular weight excluding hydrogens is 324 g/mol. The SMILES string of the molecule is c1ccc(CC2CCC(Cc3ccc(CC4CCCCC4)cc3)CC2)cc1. The van der Waals surface area contributed by atoms with Crippen molar-refractivity contribution < 1.29 is 0 Å². The lowest BCUT2D eigenvalue weighted by atomic mass is 9.77. The van der Waals surface area contributed by atoms with Crippen LogP contribution in [0.2, 0.25) is 0 Å². The van der Waals surface area contributed by atoms with Gasteiger partial charge in [-0.25, -0.2) is 0 Å². The first kappa shape index (κ1) is 18.8. The zero-order valence-corrected chi connectivity index (χ0v) is 16.9. The van der Waals surface area contributed by atoms with Gasteiger partial charge in [-0.2, -0.15) is 0 Å². The Balaban J connectivity index is 1.22. The van der Waals surface area contributed by atoms with Crippen LogP contribution in [0.4, 0.5) is 0 Å². The first-order chi connectivity index (χ1) is 13.3. The number of rotatable bonds is 6. The molecule has 0 radical (unpaired) electrons. The lowest BCUT2D eigenvalue weighted by molar-refractivity contribution is 0.272. The highest BCUT2D eigenvalue weighted by Gasteiger charge is 2.21. The van der Waals surface area contributed by atoms with Crippen LogP contribution in [0.15, 0.2) is 54.6 Å². The van der Waals surface area contributed by atoms with E-state index in [1.165, 1.54) is 82.6 Å². The van der Waals surface area contributed by atoms with Gasteiger partial charge in [0.05, 0.1) is 0 Å². The number of benzene rings is 2. The summed E-state index contributed by atoms with van der Waals surface area (Å²) >= 11 is 0. The predicted molar refractivity (Wildman–Crippen MR) is 116 cm³/mol. The predicted octanol–water partition coefficient (Wildman–Crippen LogP) is 7.40. The Morgan fingerprint density at radius 2 is 0.852 bits per heavy atom. The van der Waals surface area contributed by atoms with E-state index in [9.17, 15) is 0 Å². The van der Waals surface area contributed by atoms with Gasteiger partial charge >= 0.3 is 0 Å². The number of hydrogen-bond acceptors (Lipinski definition) is 0. The monoisotopic (exact) mass is 360 g/mol. The molecule has 144 valence electrons. The Morgan fingerprint density at radius 3 is 1.33 bits per heavy atom. The molecule has 0 heteroatoms. The van der Waals surface area contributed by atoms with E-state index in [1.54, 1.807) is 11.1 Å². The Hall–Kier alpha value is -1.56. The minimum absolute atomic E-state index is 0.904. The average molecular weight is 361 g/mol. The Morgan fingerprint density at radius 1 is 0.444 bits per heavy atom. The molecule has 2 aromatic carbocycles. The molecule has 2 saturated carbocycles. The lowest BCUT2D eigenvalue weighted by Crippen LogP contribution is -2.18.